The second-order valence-corrected chi connectivity index (χ2v) is 6.58. The van der Waals surface area contributed by atoms with Crippen LogP contribution in [0.1, 0.15) is 5.56 Å². The SMILES string of the molecule is O=c1ccc(-c2ccc3cnn(Cc4ccc(Cl)c(Cl)c4)c3c2)c[nH]1. The lowest BCUT2D eigenvalue weighted by Gasteiger charge is -2.07. The Kier molecular flexibility index (Phi) is 4.07. The fraction of sp³-hybridized carbons (Fsp3) is 0.0526. The molecule has 1 N–H and O–H groups in total. The summed E-state index contributed by atoms with van der Waals surface area (Å²) in [5.74, 6) is 0. The molecule has 2 aromatic carbocycles. The number of aromatic nitrogens is 3. The van der Waals surface area contributed by atoms with Gasteiger partial charge in [-0.3, -0.25) is 9.48 Å². The smallest absolute Gasteiger partial charge is 0.247 e. The summed E-state index contributed by atoms with van der Waals surface area (Å²) in [7, 11) is 0. The van der Waals surface area contributed by atoms with Crippen LogP contribution in [-0.2, 0) is 6.54 Å². The van der Waals surface area contributed by atoms with Crippen LogP contribution in [0.15, 0.2) is 65.7 Å². The highest BCUT2D eigenvalue weighted by Gasteiger charge is 2.07. The number of H-pyrrole nitrogens is 1. The Morgan fingerprint density at radius 2 is 1.80 bits per heavy atom. The first-order chi connectivity index (χ1) is 12.1. The first-order valence-corrected chi connectivity index (χ1v) is 8.44. The topological polar surface area (TPSA) is 50.7 Å². The predicted octanol–water partition coefficient (Wildman–Crippen LogP) is 4.75. The lowest BCUT2D eigenvalue weighted by atomic mass is 10.1. The molecule has 0 aliphatic carbocycles. The summed E-state index contributed by atoms with van der Waals surface area (Å²) in [5.41, 5.74) is 3.88. The molecule has 0 aliphatic heterocycles. The van der Waals surface area contributed by atoms with E-state index in [0.29, 0.717) is 16.6 Å². The second-order valence-electron chi connectivity index (χ2n) is 5.77. The van der Waals surface area contributed by atoms with Gasteiger partial charge < -0.3 is 4.98 Å². The minimum atomic E-state index is -0.116. The number of fused-ring (bicyclic) bond motifs is 1. The highest BCUT2D eigenvalue weighted by Crippen LogP contribution is 2.26. The van der Waals surface area contributed by atoms with E-state index in [0.717, 1.165) is 27.6 Å². The van der Waals surface area contributed by atoms with Crippen LogP contribution in [0.2, 0.25) is 10.0 Å². The third-order valence-electron chi connectivity index (χ3n) is 4.08. The number of rotatable bonds is 3. The van der Waals surface area contributed by atoms with Gasteiger partial charge in [-0.2, -0.15) is 5.10 Å². The molecule has 4 rings (SSSR count). The average Bonchev–Trinajstić information content (AvgIpc) is 3.01. The number of nitrogens with zero attached hydrogens (tertiary/aromatic N) is 2. The summed E-state index contributed by atoms with van der Waals surface area (Å²) in [6.45, 7) is 0.593. The first kappa shape index (κ1) is 15.9. The van der Waals surface area contributed by atoms with Gasteiger partial charge in [0.05, 0.1) is 28.3 Å². The number of nitrogens with one attached hydrogen (secondary N) is 1. The average molecular weight is 370 g/mol. The van der Waals surface area contributed by atoms with E-state index in [1.54, 1.807) is 18.3 Å². The maximum absolute atomic E-state index is 11.2. The molecular formula is C19H13Cl2N3O. The molecule has 0 saturated heterocycles. The Morgan fingerprint density at radius 1 is 0.960 bits per heavy atom. The molecule has 0 amide bonds. The van der Waals surface area contributed by atoms with Gasteiger partial charge in [0.1, 0.15) is 0 Å². The van der Waals surface area contributed by atoms with Gasteiger partial charge in [-0.05, 0) is 41.0 Å². The van der Waals surface area contributed by atoms with Gasteiger partial charge in [-0.25, -0.2) is 0 Å². The molecule has 4 nitrogen and oxygen atoms in total. The van der Waals surface area contributed by atoms with Crippen LogP contribution in [0.5, 0.6) is 0 Å². The summed E-state index contributed by atoms with van der Waals surface area (Å²) >= 11 is 12.1. The molecule has 0 unspecified atom stereocenters. The van der Waals surface area contributed by atoms with Crippen molar-refractivity contribution in [2.75, 3.05) is 0 Å². The van der Waals surface area contributed by atoms with Crippen LogP contribution in [0.4, 0.5) is 0 Å². The maximum atomic E-state index is 11.2. The highest BCUT2D eigenvalue weighted by atomic mass is 35.5. The van der Waals surface area contributed by atoms with Crippen molar-refractivity contribution in [3.63, 3.8) is 0 Å². The zero-order valence-electron chi connectivity index (χ0n) is 13.0. The van der Waals surface area contributed by atoms with E-state index < -0.39 is 0 Å². The van der Waals surface area contributed by atoms with Gasteiger partial charge in [0.15, 0.2) is 0 Å². The van der Waals surface area contributed by atoms with Crippen LogP contribution in [0.25, 0.3) is 22.0 Å². The van der Waals surface area contributed by atoms with Crippen LogP contribution < -0.4 is 5.56 Å². The molecule has 0 radical (unpaired) electrons. The molecule has 0 fully saturated rings. The molecule has 0 saturated carbocycles. The molecule has 0 spiro atoms. The molecule has 2 aromatic heterocycles. The van der Waals surface area contributed by atoms with Crippen molar-refractivity contribution in [1.29, 1.82) is 0 Å². The lowest BCUT2D eigenvalue weighted by Crippen LogP contribution is -2.02. The van der Waals surface area contributed by atoms with Crippen molar-refractivity contribution in [3.05, 3.63) is 86.9 Å². The molecular weight excluding hydrogens is 357 g/mol. The van der Waals surface area contributed by atoms with Crippen LogP contribution in [0, 0.1) is 0 Å². The number of aromatic amines is 1. The second kappa shape index (κ2) is 6.39. The van der Waals surface area contributed by atoms with E-state index in [9.17, 15) is 4.79 Å². The van der Waals surface area contributed by atoms with Crippen LogP contribution in [0.3, 0.4) is 0 Å². The van der Waals surface area contributed by atoms with Crippen molar-refractivity contribution in [1.82, 2.24) is 14.8 Å². The third kappa shape index (κ3) is 3.18. The van der Waals surface area contributed by atoms with E-state index in [2.05, 4.69) is 16.1 Å². The Morgan fingerprint density at radius 3 is 2.56 bits per heavy atom. The van der Waals surface area contributed by atoms with E-state index >= 15 is 0 Å². The highest BCUT2D eigenvalue weighted by molar-refractivity contribution is 6.42. The van der Waals surface area contributed by atoms with E-state index in [1.807, 2.05) is 35.1 Å². The Labute approximate surface area is 153 Å². The number of benzene rings is 2. The summed E-state index contributed by atoms with van der Waals surface area (Å²) < 4.78 is 1.92. The maximum Gasteiger partial charge on any atom is 0.247 e. The van der Waals surface area contributed by atoms with Crippen molar-refractivity contribution in [2.24, 2.45) is 0 Å². The van der Waals surface area contributed by atoms with Gasteiger partial charge in [-0.15, -0.1) is 0 Å². The number of pyridine rings is 1. The molecule has 124 valence electrons. The Bertz CT molecular complexity index is 1110. The molecule has 2 heterocycles. The largest absolute Gasteiger partial charge is 0.328 e. The third-order valence-corrected chi connectivity index (χ3v) is 4.82. The fourth-order valence-electron chi connectivity index (χ4n) is 2.78. The fourth-order valence-corrected chi connectivity index (χ4v) is 3.10. The molecule has 4 aromatic rings. The Balaban J connectivity index is 1.74. The first-order valence-electron chi connectivity index (χ1n) is 7.69. The Hall–Kier alpha value is -2.56. The lowest BCUT2D eigenvalue weighted by molar-refractivity contribution is 0.712. The van der Waals surface area contributed by atoms with Gasteiger partial charge >= 0.3 is 0 Å². The monoisotopic (exact) mass is 369 g/mol. The zero-order chi connectivity index (χ0) is 17.4. The van der Waals surface area contributed by atoms with Crippen molar-refractivity contribution >= 4 is 34.1 Å². The van der Waals surface area contributed by atoms with Gasteiger partial charge in [-0.1, -0.05) is 41.4 Å². The molecule has 25 heavy (non-hydrogen) atoms. The standard InChI is InChI=1S/C19H13Cl2N3O/c20-16-5-1-12(7-17(16)21)11-24-18-8-13(2-3-15(18)10-23-24)14-4-6-19(25)22-9-14/h1-10H,11H2,(H,22,25). The molecule has 0 aliphatic rings. The van der Waals surface area contributed by atoms with Crippen molar-refractivity contribution in [2.45, 2.75) is 6.54 Å². The minimum Gasteiger partial charge on any atom is -0.328 e. The predicted molar refractivity (Wildman–Crippen MR) is 101 cm³/mol. The molecule has 0 bridgehead atoms. The van der Waals surface area contributed by atoms with Crippen molar-refractivity contribution in [3.8, 4) is 11.1 Å². The van der Waals surface area contributed by atoms with E-state index in [-0.39, 0.29) is 5.56 Å². The van der Waals surface area contributed by atoms with Crippen LogP contribution >= 0.6 is 23.2 Å². The van der Waals surface area contributed by atoms with Crippen LogP contribution in [-0.4, -0.2) is 14.8 Å². The summed E-state index contributed by atoms with van der Waals surface area (Å²) in [6.07, 6.45) is 3.55. The number of hydrogen-bond acceptors (Lipinski definition) is 2. The quantitative estimate of drug-likeness (QED) is 0.566. The van der Waals surface area contributed by atoms with Crippen molar-refractivity contribution < 1.29 is 0 Å². The van der Waals surface area contributed by atoms with Gasteiger partial charge in [0, 0.05) is 17.6 Å². The summed E-state index contributed by atoms with van der Waals surface area (Å²) in [5, 5.41) is 6.59. The zero-order valence-corrected chi connectivity index (χ0v) is 14.6. The minimum absolute atomic E-state index is 0.116. The normalized spacial score (nSPS) is 11.1. The van der Waals surface area contributed by atoms with Gasteiger partial charge in [0.2, 0.25) is 5.56 Å². The molecule has 6 heteroatoms. The van der Waals surface area contributed by atoms with E-state index in [4.69, 9.17) is 23.2 Å². The van der Waals surface area contributed by atoms with Gasteiger partial charge in [0.25, 0.3) is 0 Å². The summed E-state index contributed by atoms with van der Waals surface area (Å²) in [4.78, 5) is 13.9. The molecule has 0 atom stereocenters. The summed E-state index contributed by atoms with van der Waals surface area (Å²) in [6, 6.07) is 15.0. The number of halogens is 2. The number of hydrogen-bond donors (Lipinski definition) is 1. The van der Waals surface area contributed by atoms with E-state index in [1.165, 1.54) is 6.07 Å².